The first kappa shape index (κ1) is 34.0. The maximum atomic E-state index is 13.7. The summed E-state index contributed by atoms with van der Waals surface area (Å²) in [6.07, 6.45) is 1.44. The molecule has 0 aliphatic heterocycles. The maximum absolute atomic E-state index is 13.7. The van der Waals surface area contributed by atoms with Gasteiger partial charge >= 0.3 is 18.4 Å². The van der Waals surface area contributed by atoms with Crippen LogP contribution >= 0.6 is 11.3 Å². The number of amides is 3. The molecule has 3 N–H and O–H groups in total. The summed E-state index contributed by atoms with van der Waals surface area (Å²) < 4.78 is 43.1. The second kappa shape index (κ2) is 14.9. The van der Waals surface area contributed by atoms with Crippen LogP contribution in [0.5, 0.6) is 5.75 Å². The van der Waals surface area contributed by atoms with Gasteiger partial charge < -0.3 is 15.2 Å². The van der Waals surface area contributed by atoms with E-state index in [-0.39, 0.29) is 42.3 Å². The Bertz CT molecular complexity index is 1720. The number of fused-ring (bicyclic) bond motifs is 1. The first-order valence-electron chi connectivity index (χ1n) is 14.2. The lowest BCUT2D eigenvalue weighted by Crippen LogP contribution is -2.34. The van der Waals surface area contributed by atoms with Crippen molar-refractivity contribution < 1.29 is 37.4 Å². The average molecular weight is 655 g/mol. The smallest absolute Gasteiger partial charge is 0.481 e. The average Bonchev–Trinajstić information content (AvgIpc) is 3.43. The van der Waals surface area contributed by atoms with Gasteiger partial charge in [-0.1, -0.05) is 55.2 Å². The molecule has 46 heavy (non-hydrogen) atoms. The Morgan fingerprint density at radius 1 is 1.00 bits per heavy atom. The summed E-state index contributed by atoms with van der Waals surface area (Å²) in [7, 11) is 0. The van der Waals surface area contributed by atoms with Gasteiger partial charge in [0.15, 0.2) is 5.13 Å². The van der Waals surface area contributed by atoms with Gasteiger partial charge in [0.25, 0.3) is 5.91 Å². The van der Waals surface area contributed by atoms with E-state index < -0.39 is 30.0 Å². The number of anilines is 2. The summed E-state index contributed by atoms with van der Waals surface area (Å²) in [5, 5.41) is 14.1. The zero-order valence-electron chi connectivity index (χ0n) is 23.9. The highest BCUT2D eigenvalue weighted by molar-refractivity contribution is 7.22. The van der Waals surface area contributed by atoms with Gasteiger partial charge in [0.05, 0.1) is 23.2 Å². The largest absolute Gasteiger partial charge is 0.573 e. The molecule has 0 atom stereocenters. The van der Waals surface area contributed by atoms with Crippen molar-refractivity contribution in [3.8, 4) is 5.75 Å². The molecule has 1 aromatic heterocycles. The molecule has 242 valence electrons. The molecular weight excluding hydrogens is 621 g/mol. The van der Waals surface area contributed by atoms with Crippen molar-refractivity contribution in [2.75, 3.05) is 16.8 Å². The second-order valence-electron chi connectivity index (χ2n) is 10.3. The van der Waals surface area contributed by atoms with E-state index in [1.165, 1.54) is 28.7 Å². The number of urea groups is 1. The Labute approximate surface area is 267 Å². The monoisotopic (exact) mass is 654 g/mol. The molecule has 0 saturated heterocycles. The fraction of sp³-hybridized carbons (Fsp3) is 0.273. The van der Waals surface area contributed by atoms with E-state index in [1.54, 1.807) is 24.3 Å². The first-order valence-corrected chi connectivity index (χ1v) is 15.0. The molecule has 4 aromatic rings. The van der Waals surface area contributed by atoms with Gasteiger partial charge in [0.1, 0.15) is 5.75 Å². The number of allylic oxidation sites excluding steroid dienone is 2. The lowest BCUT2D eigenvalue weighted by molar-refractivity contribution is -0.274. The number of carboxylic acids is 1. The van der Waals surface area contributed by atoms with Crippen molar-refractivity contribution >= 4 is 55.9 Å². The molecule has 0 bridgehead atoms. The third-order valence-corrected chi connectivity index (χ3v) is 8.09. The van der Waals surface area contributed by atoms with E-state index in [0.29, 0.717) is 16.8 Å². The van der Waals surface area contributed by atoms with Crippen LogP contribution in [0.1, 0.15) is 61.0 Å². The minimum atomic E-state index is -4.88. The van der Waals surface area contributed by atoms with Gasteiger partial charge in [-0.05, 0) is 78.8 Å². The van der Waals surface area contributed by atoms with Crippen LogP contribution in [0.3, 0.4) is 0 Å². The maximum Gasteiger partial charge on any atom is 0.573 e. The van der Waals surface area contributed by atoms with Gasteiger partial charge in [-0.3, -0.25) is 19.8 Å². The quantitative estimate of drug-likeness (QED) is 0.158. The van der Waals surface area contributed by atoms with Crippen LogP contribution < -0.4 is 20.3 Å². The molecule has 3 aromatic carbocycles. The van der Waals surface area contributed by atoms with E-state index in [0.717, 1.165) is 42.6 Å². The lowest BCUT2D eigenvalue weighted by atomic mass is 9.93. The standard InChI is InChI=1S/C32H29F3N4O5S.CH4/c33-32(34,35)44-26-8-4-7-25-28(26)45-30(37-25)38-31(43)39(24-15-13-22(14-16-24)21-5-2-1-3-6-21)19-20-9-11-23(12-10-20)29(42)36-18-17-27(40)41;/h4-5,7-16H,1-3,6,17-19H2,(H,36,42)(H,40,41)(H,37,38,43);1H4. The number of benzene rings is 3. The number of ether oxygens (including phenoxy) is 1. The van der Waals surface area contributed by atoms with Crippen molar-refractivity contribution in [3.05, 3.63) is 89.5 Å². The van der Waals surface area contributed by atoms with Gasteiger partial charge in [-0.2, -0.15) is 0 Å². The zero-order chi connectivity index (χ0) is 32.0. The first-order chi connectivity index (χ1) is 21.6. The number of nitrogens with one attached hydrogen (secondary N) is 2. The van der Waals surface area contributed by atoms with Gasteiger partial charge in [-0.25, -0.2) is 9.78 Å². The fourth-order valence-corrected chi connectivity index (χ4v) is 5.81. The molecule has 13 heteroatoms. The molecule has 0 spiro atoms. The van der Waals surface area contributed by atoms with Gasteiger partial charge in [0, 0.05) is 17.8 Å². The summed E-state index contributed by atoms with van der Waals surface area (Å²) in [4.78, 5) is 42.5. The van der Waals surface area contributed by atoms with Gasteiger partial charge in [0.2, 0.25) is 0 Å². The highest BCUT2D eigenvalue weighted by Crippen LogP contribution is 2.37. The zero-order valence-corrected chi connectivity index (χ0v) is 24.7. The van der Waals surface area contributed by atoms with Crippen LogP contribution in [0.4, 0.5) is 28.8 Å². The Morgan fingerprint density at radius 3 is 2.39 bits per heavy atom. The molecule has 9 nitrogen and oxygen atoms in total. The Hall–Kier alpha value is -4.91. The molecule has 1 aliphatic carbocycles. The van der Waals surface area contributed by atoms with Crippen LogP contribution in [0.15, 0.2) is 72.8 Å². The number of halogens is 3. The van der Waals surface area contributed by atoms with E-state index in [9.17, 15) is 27.6 Å². The molecule has 0 radical (unpaired) electrons. The minimum absolute atomic E-state index is 0. The molecule has 0 fully saturated rings. The van der Waals surface area contributed by atoms with Crippen LogP contribution in [0, 0.1) is 0 Å². The number of aliphatic carboxylic acids is 1. The highest BCUT2D eigenvalue weighted by atomic mass is 32.1. The number of carboxylic acid groups (broad SMARTS) is 1. The van der Waals surface area contributed by atoms with E-state index in [2.05, 4.69) is 26.4 Å². The number of alkyl halides is 3. The van der Waals surface area contributed by atoms with E-state index >= 15 is 0 Å². The van der Waals surface area contributed by atoms with Crippen molar-refractivity contribution in [2.24, 2.45) is 0 Å². The predicted octanol–water partition coefficient (Wildman–Crippen LogP) is 8.23. The topological polar surface area (TPSA) is 121 Å². The van der Waals surface area contributed by atoms with Gasteiger partial charge in [-0.15, -0.1) is 13.2 Å². The van der Waals surface area contributed by atoms with Crippen LogP contribution in [0.2, 0.25) is 0 Å². The Balaban J connectivity index is 0.00000480. The third-order valence-electron chi connectivity index (χ3n) is 7.09. The number of rotatable bonds is 10. The van der Waals surface area contributed by atoms with Crippen molar-refractivity contribution in [1.29, 1.82) is 0 Å². The number of hydrogen-bond acceptors (Lipinski definition) is 6. The summed E-state index contributed by atoms with van der Waals surface area (Å²) >= 11 is 0.863. The van der Waals surface area contributed by atoms with Crippen molar-refractivity contribution in [3.63, 3.8) is 0 Å². The Kier molecular flexibility index (Phi) is 11.0. The SMILES string of the molecule is C.O=C(O)CCNC(=O)c1ccc(CN(C(=O)Nc2nc3cccc(OC(F)(F)F)c3s2)c2ccc(C3=CCCCC3)cc2)cc1. The number of thiazole rings is 1. The third kappa shape index (κ3) is 8.84. The number of nitrogens with zero attached hydrogens (tertiary/aromatic N) is 2. The van der Waals surface area contributed by atoms with E-state index in [4.69, 9.17) is 5.11 Å². The second-order valence-corrected chi connectivity index (χ2v) is 11.3. The summed E-state index contributed by atoms with van der Waals surface area (Å²) in [6.45, 7) is 0.0917. The lowest BCUT2D eigenvalue weighted by Gasteiger charge is -2.23. The van der Waals surface area contributed by atoms with Crippen molar-refractivity contribution in [1.82, 2.24) is 10.3 Å². The normalized spacial score (nSPS) is 12.9. The molecule has 1 heterocycles. The predicted molar refractivity (Wildman–Crippen MR) is 172 cm³/mol. The molecular formula is C33H33F3N4O5S. The molecule has 3 amide bonds. The Morgan fingerprint density at radius 2 is 1.74 bits per heavy atom. The minimum Gasteiger partial charge on any atom is -0.481 e. The highest BCUT2D eigenvalue weighted by Gasteiger charge is 2.32. The molecule has 0 saturated carbocycles. The van der Waals surface area contributed by atoms with E-state index in [1.807, 2.05) is 24.3 Å². The summed E-state index contributed by atoms with van der Waals surface area (Å²) in [6, 6.07) is 17.7. The molecule has 1 aliphatic rings. The summed E-state index contributed by atoms with van der Waals surface area (Å²) in [5.41, 5.74) is 4.16. The fourth-order valence-electron chi connectivity index (χ4n) is 4.91. The van der Waals surface area contributed by atoms with Crippen LogP contribution in [0.25, 0.3) is 15.8 Å². The summed E-state index contributed by atoms with van der Waals surface area (Å²) in [5.74, 6) is -1.85. The number of aromatic nitrogens is 1. The molecule has 0 unspecified atom stereocenters. The number of carbonyl (C=O) groups excluding carboxylic acids is 2. The molecule has 5 rings (SSSR count). The number of hydrogen-bond donors (Lipinski definition) is 3. The number of carbonyl (C=O) groups is 3. The van der Waals surface area contributed by atoms with Crippen LogP contribution in [-0.4, -0.2) is 40.9 Å². The van der Waals surface area contributed by atoms with Crippen molar-refractivity contribution in [2.45, 2.75) is 52.4 Å². The van der Waals surface area contributed by atoms with Crippen LogP contribution in [-0.2, 0) is 11.3 Å².